The summed E-state index contributed by atoms with van der Waals surface area (Å²) in [6, 6.07) is 5.66. The maximum atomic E-state index is 6.01. The molecular formula is C17H18ClN5O. The van der Waals surface area contributed by atoms with Crippen molar-refractivity contribution in [3.63, 3.8) is 0 Å². The average Bonchev–Trinajstić information content (AvgIpc) is 2.95. The van der Waals surface area contributed by atoms with Gasteiger partial charge in [-0.05, 0) is 18.2 Å². The van der Waals surface area contributed by atoms with Crippen molar-refractivity contribution in [3.8, 4) is 11.1 Å². The Balaban J connectivity index is 1.70. The Morgan fingerprint density at radius 2 is 2.04 bits per heavy atom. The number of rotatable bonds is 3. The van der Waals surface area contributed by atoms with Gasteiger partial charge in [-0.1, -0.05) is 11.6 Å². The topological polar surface area (TPSA) is 56.1 Å². The van der Waals surface area contributed by atoms with Gasteiger partial charge in [0.05, 0.1) is 29.9 Å². The number of ether oxygens (including phenoxy) is 1. The van der Waals surface area contributed by atoms with E-state index in [0.29, 0.717) is 5.15 Å². The molecule has 0 unspecified atom stereocenters. The summed E-state index contributed by atoms with van der Waals surface area (Å²) in [5.41, 5.74) is 4.76. The summed E-state index contributed by atoms with van der Waals surface area (Å²) in [5, 5.41) is 5.11. The van der Waals surface area contributed by atoms with E-state index in [4.69, 9.17) is 16.3 Å². The number of morpholine rings is 1. The van der Waals surface area contributed by atoms with Crippen molar-refractivity contribution in [1.29, 1.82) is 0 Å². The molecule has 1 fully saturated rings. The summed E-state index contributed by atoms with van der Waals surface area (Å²) in [4.78, 5) is 11.2. The number of nitrogens with zero attached hydrogens (tertiary/aromatic N) is 5. The summed E-state index contributed by atoms with van der Waals surface area (Å²) in [6.45, 7) is 4.23. The van der Waals surface area contributed by atoms with Crippen LogP contribution in [0.3, 0.4) is 0 Å². The predicted octanol–water partition coefficient (Wildman–Crippen LogP) is 2.52. The van der Waals surface area contributed by atoms with Crippen LogP contribution in [-0.4, -0.2) is 51.0 Å². The number of pyridine rings is 2. The molecule has 124 valence electrons. The second-order valence-electron chi connectivity index (χ2n) is 5.95. The van der Waals surface area contributed by atoms with Gasteiger partial charge in [-0.3, -0.25) is 14.6 Å². The summed E-state index contributed by atoms with van der Waals surface area (Å²) >= 11 is 6.01. The zero-order valence-corrected chi connectivity index (χ0v) is 14.2. The molecule has 0 atom stereocenters. The molecule has 0 N–H and O–H groups in total. The van der Waals surface area contributed by atoms with Crippen LogP contribution in [0.1, 0.15) is 5.69 Å². The molecule has 0 spiro atoms. The number of aryl methyl sites for hydroxylation is 1. The van der Waals surface area contributed by atoms with Gasteiger partial charge in [-0.2, -0.15) is 5.10 Å². The first kappa shape index (κ1) is 15.5. The number of halogens is 1. The van der Waals surface area contributed by atoms with Crippen LogP contribution < -0.4 is 0 Å². The Hall–Kier alpha value is -2.02. The van der Waals surface area contributed by atoms with Crippen LogP contribution in [0, 0.1) is 0 Å². The predicted molar refractivity (Wildman–Crippen MR) is 92.8 cm³/mol. The second kappa shape index (κ2) is 6.47. The molecule has 1 saturated heterocycles. The molecule has 0 aliphatic carbocycles. The normalized spacial score (nSPS) is 15.9. The molecule has 24 heavy (non-hydrogen) atoms. The van der Waals surface area contributed by atoms with Crippen LogP contribution >= 0.6 is 11.6 Å². The van der Waals surface area contributed by atoms with Gasteiger partial charge in [0.1, 0.15) is 5.15 Å². The molecule has 3 aromatic heterocycles. The lowest BCUT2D eigenvalue weighted by atomic mass is 10.1. The van der Waals surface area contributed by atoms with E-state index >= 15 is 0 Å². The van der Waals surface area contributed by atoms with Crippen LogP contribution in [0.2, 0.25) is 5.15 Å². The summed E-state index contributed by atoms with van der Waals surface area (Å²) < 4.78 is 7.27. The van der Waals surface area contributed by atoms with Gasteiger partial charge in [-0.25, -0.2) is 4.98 Å². The Kier molecular flexibility index (Phi) is 4.18. The largest absolute Gasteiger partial charge is 0.379 e. The van der Waals surface area contributed by atoms with Crippen molar-refractivity contribution in [2.24, 2.45) is 7.05 Å². The zero-order chi connectivity index (χ0) is 16.5. The molecule has 6 nitrogen and oxygen atoms in total. The smallest absolute Gasteiger partial charge is 0.129 e. The summed E-state index contributed by atoms with van der Waals surface area (Å²) in [7, 11) is 1.94. The molecule has 0 aromatic carbocycles. The van der Waals surface area contributed by atoms with E-state index < -0.39 is 0 Å². The van der Waals surface area contributed by atoms with Gasteiger partial charge in [-0.15, -0.1) is 0 Å². The molecule has 4 heterocycles. The van der Waals surface area contributed by atoms with E-state index in [9.17, 15) is 0 Å². The monoisotopic (exact) mass is 343 g/mol. The molecule has 0 radical (unpaired) electrons. The number of hydrogen-bond donors (Lipinski definition) is 0. The minimum atomic E-state index is 0.473. The molecule has 0 amide bonds. The maximum absolute atomic E-state index is 6.01. The number of hydrogen-bond acceptors (Lipinski definition) is 5. The fourth-order valence-electron chi connectivity index (χ4n) is 2.99. The van der Waals surface area contributed by atoms with E-state index in [2.05, 4.69) is 20.0 Å². The highest BCUT2D eigenvalue weighted by molar-refractivity contribution is 6.29. The second-order valence-corrected chi connectivity index (χ2v) is 6.34. The third-order valence-corrected chi connectivity index (χ3v) is 4.41. The van der Waals surface area contributed by atoms with Crippen LogP contribution in [0.15, 0.2) is 30.6 Å². The molecule has 3 aromatic rings. The summed E-state index contributed by atoms with van der Waals surface area (Å²) in [5.74, 6) is 0. The quantitative estimate of drug-likeness (QED) is 0.684. The van der Waals surface area contributed by atoms with E-state index in [0.717, 1.165) is 60.7 Å². The van der Waals surface area contributed by atoms with Gasteiger partial charge in [0, 0.05) is 50.2 Å². The molecule has 4 rings (SSSR count). The van der Waals surface area contributed by atoms with E-state index in [1.54, 1.807) is 6.07 Å². The van der Waals surface area contributed by atoms with Crippen LogP contribution in [0.4, 0.5) is 0 Å². The van der Waals surface area contributed by atoms with E-state index in [-0.39, 0.29) is 0 Å². The zero-order valence-electron chi connectivity index (χ0n) is 13.4. The van der Waals surface area contributed by atoms with Gasteiger partial charge in [0.2, 0.25) is 0 Å². The van der Waals surface area contributed by atoms with Crippen molar-refractivity contribution in [3.05, 3.63) is 41.4 Å². The first-order chi connectivity index (χ1) is 11.7. The van der Waals surface area contributed by atoms with Crippen LogP contribution in [0.5, 0.6) is 0 Å². The molecular weight excluding hydrogens is 326 g/mol. The van der Waals surface area contributed by atoms with Gasteiger partial charge < -0.3 is 4.74 Å². The molecule has 0 bridgehead atoms. The Labute approximate surface area is 145 Å². The van der Waals surface area contributed by atoms with Crippen LogP contribution in [0.25, 0.3) is 22.2 Å². The standard InChI is InChI=1S/C17H18ClN5O/c1-22-10-13(16(21-22)11-23-4-6-24-7-5-23)12-8-15-14(19-9-12)2-3-17(18)20-15/h2-3,8-10H,4-7,11H2,1H3. The average molecular weight is 344 g/mol. The van der Waals surface area contributed by atoms with Crippen LogP contribution in [-0.2, 0) is 18.3 Å². The van der Waals surface area contributed by atoms with Gasteiger partial charge in [0.25, 0.3) is 0 Å². The summed E-state index contributed by atoms with van der Waals surface area (Å²) in [6.07, 6.45) is 3.90. The van der Waals surface area contributed by atoms with Gasteiger partial charge in [0.15, 0.2) is 0 Å². The van der Waals surface area contributed by atoms with Gasteiger partial charge >= 0.3 is 0 Å². The highest BCUT2D eigenvalue weighted by Gasteiger charge is 2.17. The van der Waals surface area contributed by atoms with Crippen molar-refractivity contribution in [2.75, 3.05) is 26.3 Å². The minimum Gasteiger partial charge on any atom is -0.379 e. The Morgan fingerprint density at radius 1 is 1.21 bits per heavy atom. The Morgan fingerprint density at radius 3 is 2.88 bits per heavy atom. The molecule has 7 heteroatoms. The highest BCUT2D eigenvalue weighted by Crippen LogP contribution is 2.26. The van der Waals surface area contributed by atoms with Crippen molar-refractivity contribution >= 4 is 22.6 Å². The lowest BCUT2D eigenvalue weighted by molar-refractivity contribution is 0.0336. The molecule has 1 aliphatic rings. The van der Waals surface area contributed by atoms with E-state index in [1.165, 1.54) is 0 Å². The Bertz CT molecular complexity index is 873. The maximum Gasteiger partial charge on any atom is 0.129 e. The number of fused-ring (bicyclic) bond motifs is 1. The SMILES string of the molecule is Cn1cc(-c2cnc3ccc(Cl)nc3c2)c(CN2CCOCC2)n1. The number of aromatic nitrogens is 4. The molecule has 1 aliphatic heterocycles. The fraction of sp³-hybridized carbons (Fsp3) is 0.353. The minimum absolute atomic E-state index is 0.473. The lowest BCUT2D eigenvalue weighted by Crippen LogP contribution is -2.35. The van der Waals surface area contributed by atoms with Crippen molar-refractivity contribution in [1.82, 2.24) is 24.6 Å². The van der Waals surface area contributed by atoms with Crippen molar-refractivity contribution in [2.45, 2.75) is 6.54 Å². The first-order valence-corrected chi connectivity index (χ1v) is 8.32. The van der Waals surface area contributed by atoms with E-state index in [1.807, 2.05) is 36.3 Å². The fourth-order valence-corrected chi connectivity index (χ4v) is 3.15. The highest BCUT2D eigenvalue weighted by atomic mass is 35.5. The third kappa shape index (κ3) is 3.13. The third-order valence-electron chi connectivity index (χ3n) is 4.20. The lowest BCUT2D eigenvalue weighted by Gasteiger charge is -2.26. The first-order valence-electron chi connectivity index (χ1n) is 7.94. The molecule has 0 saturated carbocycles. The van der Waals surface area contributed by atoms with Crippen molar-refractivity contribution < 1.29 is 4.74 Å².